The minimum absolute atomic E-state index is 0. The van der Waals surface area contributed by atoms with Gasteiger partial charge in [0.2, 0.25) is 5.91 Å². The fourth-order valence-electron chi connectivity index (χ4n) is 1.99. The van der Waals surface area contributed by atoms with E-state index in [9.17, 15) is 4.79 Å². The van der Waals surface area contributed by atoms with Gasteiger partial charge in [0.15, 0.2) is 0 Å². The van der Waals surface area contributed by atoms with Gasteiger partial charge in [0, 0.05) is 18.4 Å². The zero-order chi connectivity index (χ0) is 11.4. The average Bonchev–Trinajstić information content (AvgIpc) is 2.88. The van der Waals surface area contributed by atoms with Gasteiger partial charge in [-0.25, -0.2) is 0 Å². The molecule has 0 spiro atoms. The lowest BCUT2D eigenvalue weighted by atomic mass is 10.2. The Bertz CT molecular complexity index is 339. The predicted octanol–water partition coefficient (Wildman–Crippen LogP) is 0.983. The Balaban J connectivity index is 0.00000144. The van der Waals surface area contributed by atoms with Gasteiger partial charge in [0.1, 0.15) is 0 Å². The van der Waals surface area contributed by atoms with Crippen molar-refractivity contribution in [1.29, 1.82) is 0 Å². The molecule has 1 aliphatic heterocycles. The van der Waals surface area contributed by atoms with E-state index in [4.69, 9.17) is 0 Å². The van der Waals surface area contributed by atoms with E-state index >= 15 is 0 Å². The van der Waals surface area contributed by atoms with Crippen molar-refractivity contribution in [1.82, 2.24) is 20.4 Å². The van der Waals surface area contributed by atoms with E-state index in [0.29, 0.717) is 6.54 Å². The second kappa shape index (κ2) is 8.34. The summed E-state index contributed by atoms with van der Waals surface area (Å²) in [4.78, 5) is 11.8. The van der Waals surface area contributed by atoms with Gasteiger partial charge in [-0.3, -0.25) is 9.48 Å². The van der Waals surface area contributed by atoms with Crippen molar-refractivity contribution in [2.24, 2.45) is 0 Å². The number of amides is 1. The SMILES string of the molecule is CC(Cn1cccn1)NC(=O)[C@@H]1CCCN1.Cl.Cl. The van der Waals surface area contributed by atoms with Crippen LogP contribution in [0.4, 0.5) is 0 Å². The summed E-state index contributed by atoms with van der Waals surface area (Å²) in [7, 11) is 0. The van der Waals surface area contributed by atoms with Crippen LogP contribution in [0.25, 0.3) is 0 Å². The first kappa shape index (κ1) is 17.2. The highest BCUT2D eigenvalue weighted by Crippen LogP contribution is 2.05. The third-order valence-corrected chi connectivity index (χ3v) is 2.79. The molecular formula is C11H20Cl2N4O. The van der Waals surface area contributed by atoms with Crippen LogP contribution >= 0.6 is 24.8 Å². The molecule has 1 aliphatic rings. The largest absolute Gasteiger partial charge is 0.350 e. The van der Waals surface area contributed by atoms with E-state index < -0.39 is 0 Å². The van der Waals surface area contributed by atoms with Gasteiger partial charge in [-0.15, -0.1) is 24.8 Å². The Labute approximate surface area is 120 Å². The second-order valence-electron chi connectivity index (χ2n) is 4.29. The lowest BCUT2D eigenvalue weighted by Gasteiger charge is -2.17. The second-order valence-corrected chi connectivity index (χ2v) is 4.29. The Morgan fingerprint density at radius 1 is 1.61 bits per heavy atom. The molecular weight excluding hydrogens is 275 g/mol. The Kier molecular flexibility index (Phi) is 7.98. The Morgan fingerprint density at radius 2 is 2.39 bits per heavy atom. The highest BCUT2D eigenvalue weighted by molar-refractivity contribution is 5.85. The van der Waals surface area contributed by atoms with Gasteiger partial charge in [0.05, 0.1) is 12.6 Å². The maximum absolute atomic E-state index is 11.8. The molecule has 7 heteroatoms. The van der Waals surface area contributed by atoms with Gasteiger partial charge >= 0.3 is 0 Å². The topological polar surface area (TPSA) is 59.0 Å². The fraction of sp³-hybridized carbons (Fsp3) is 0.636. The van der Waals surface area contributed by atoms with Crippen LogP contribution in [0.1, 0.15) is 19.8 Å². The van der Waals surface area contributed by atoms with Crippen LogP contribution in [0.3, 0.4) is 0 Å². The van der Waals surface area contributed by atoms with Crippen LogP contribution in [0.2, 0.25) is 0 Å². The van der Waals surface area contributed by atoms with Gasteiger partial charge in [-0.1, -0.05) is 0 Å². The normalized spacial score (nSPS) is 19.5. The van der Waals surface area contributed by atoms with Crippen molar-refractivity contribution >= 4 is 30.7 Å². The number of carbonyl (C=O) groups is 1. The van der Waals surface area contributed by atoms with Gasteiger partial charge in [-0.05, 0) is 32.4 Å². The number of nitrogens with one attached hydrogen (secondary N) is 2. The van der Waals surface area contributed by atoms with E-state index in [1.807, 2.05) is 23.9 Å². The Hall–Kier alpha value is -0.780. The molecule has 1 fully saturated rings. The minimum Gasteiger partial charge on any atom is -0.350 e. The highest BCUT2D eigenvalue weighted by Gasteiger charge is 2.22. The van der Waals surface area contributed by atoms with Crippen molar-refractivity contribution in [2.75, 3.05) is 6.54 Å². The molecule has 0 aromatic carbocycles. The van der Waals surface area contributed by atoms with Gasteiger partial charge < -0.3 is 10.6 Å². The molecule has 1 saturated heterocycles. The molecule has 2 rings (SSSR count). The summed E-state index contributed by atoms with van der Waals surface area (Å²) in [6.07, 6.45) is 5.68. The maximum atomic E-state index is 11.8. The van der Waals surface area contributed by atoms with Crippen molar-refractivity contribution < 1.29 is 4.79 Å². The van der Waals surface area contributed by atoms with Crippen molar-refractivity contribution in [3.05, 3.63) is 18.5 Å². The first-order valence-electron chi connectivity index (χ1n) is 5.77. The Morgan fingerprint density at radius 3 is 2.94 bits per heavy atom. The standard InChI is InChI=1S/C11H18N4O.2ClH/c1-9(8-15-7-3-6-13-15)14-11(16)10-4-2-5-12-10;;/h3,6-7,9-10,12H,2,4-5,8H2,1H3,(H,14,16);2*1H/t9?,10-;;/m0../s1. The number of aromatic nitrogens is 2. The van der Waals surface area contributed by atoms with Crippen LogP contribution < -0.4 is 10.6 Å². The highest BCUT2D eigenvalue weighted by atomic mass is 35.5. The van der Waals surface area contributed by atoms with Crippen LogP contribution in [0.5, 0.6) is 0 Å². The molecule has 1 aromatic rings. The first-order valence-corrected chi connectivity index (χ1v) is 5.77. The van der Waals surface area contributed by atoms with E-state index in [1.165, 1.54) is 0 Å². The van der Waals surface area contributed by atoms with Crippen molar-refractivity contribution in [2.45, 2.75) is 38.4 Å². The fourth-order valence-corrected chi connectivity index (χ4v) is 1.99. The number of carbonyl (C=O) groups excluding carboxylic acids is 1. The van der Waals surface area contributed by atoms with Gasteiger partial charge in [0.25, 0.3) is 0 Å². The van der Waals surface area contributed by atoms with E-state index in [1.54, 1.807) is 6.20 Å². The third-order valence-electron chi connectivity index (χ3n) is 2.79. The van der Waals surface area contributed by atoms with Crippen molar-refractivity contribution in [3.8, 4) is 0 Å². The molecule has 104 valence electrons. The van der Waals surface area contributed by atoms with Gasteiger partial charge in [-0.2, -0.15) is 5.10 Å². The third kappa shape index (κ3) is 4.84. The van der Waals surface area contributed by atoms with E-state index in [-0.39, 0.29) is 42.8 Å². The number of hydrogen-bond donors (Lipinski definition) is 2. The molecule has 0 bridgehead atoms. The van der Waals surface area contributed by atoms with Crippen LogP contribution in [0.15, 0.2) is 18.5 Å². The summed E-state index contributed by atoms with van der Waals surface area (Å²) in [6.45, 7) is 3.66. The molecule has 2 N–H and O–H groups in total. The summed E-state index contributed by atoms with van der Waals surface area (Å²) in [5.41, 5.74) is 0. The molecule has 0 saturated carbocycles. The molecule has 0 radical (unpaired) electrons. The lowest BCUT2D eigenvalue weighted by molar-refractivity contribution is -0.123. The van der Waals surface area contributed by atoms with E-state index in [2.05, 4.69) is 15.7 Å². The number of nitrogens with zero attached hydrogens (tertiary/aromatic N) is 2. The zero-order valence-electron chi connectivity index (χ0n) is 10.3. The van der Waals surface area contributed by atoms with Crippen LogP contribution in [-0.4, -0.2) is 34.3 Å². The number of halogens is 2. The molecule has 1 amide bonds. The quantitative estimate of drug-likeness (QED) is 0.870. The summed E-state index contributed by atoms with van der Waals surface area (Å²) in [6, 6.07) is 1.99. The van der Waals surface area contributed by atoms with E-state index in [0.717, 1.165) is 19.4 Å². The monoisotopic (exact) mass is 294 g/mol. The van der Waals surface area contributed by atoms with Crippen molar-refractivity contribution in [3.63, 3.8) is 0 Å². The lowest BCUT2D eigenvalue weighted by Crippen LogP contribution is -2.45. The van der Waals surface area contributed by atoms with Crippen LogP contribution in [0, 0.1) is 0 Å². The van der Waals surface area contributed by atoms with Crippen LogP contribution in [-0.2, 0) is 11.3 Å². The smallest absolute Gasteiger partial charge is 0.237 e. The molecule has 18 heavy (non-hydrogen) atoms. The molecule has 2 atom stereocenters. The number of hydrogen-bond acceptors (Lipinski definition) is 3. The summed E-state index contributed by atoms with van der Waals surface area (Å²) in [5.74, 6) is 0.108. The molecule has 0 aliphatic carbocycles. The molecule has 1 aromatic heterocycles. The summed E-state index contributed by atoms with van der Waals surface area (Å²) < 4.78 is 1.83. The predicted molar refractivity (Wildman–Crippen MR) is 75.4 cm³/mol. The zero-order valence-corrected chi connectivity index (χ0v) is 12.0. The summed E-state index contributed by atoms with van der Waals surface area (Å²) >= 11 is 0. The first-order chi connectivity index (χ1) is 7.75. The molecule has 5 nitrogen and oxygen atoms in total. The molecule has 1 unspecified atom stereocenters. The number of rotatable bonds is 4. The molecule has 2 heterocycles. The maximum Gasteiger partial charge on any atom is 0.237 e. The average molecular weight is 295 g/mol. The minimum atomic E-state index is 0. The summed E-state index contributed by atoms with van der Waals surface area (Å²) in [5, 5.41) is 10.3.